The van der Waals surface area contributed by atoms with Gasteiger partial charge in [-0.15, -0.1) is 0 Å². The lowest BCUT2D eigenvalue weighted by atomic mass is 9.82. The molecule has 0 aromatic heterocycles. The Labute approximate surface area is 242 Å². The first-order valence-corrected chi connectivity index (χ1v) is 14.7. The van der Waals surface area contributed by atoms with E-state index in [4.69, 9.17) is 0 Å². The van der Waals surface area contributed by atoms with Gasteiger partial charge in [-0.3, -0.25) is 0 Å². The minimum absolute atomic E-state index is 1.28. The van der Waals surface area contributed by atoms with Crippen LogP contribution in [0.1, 0.15) is 0 Å². The van der Waals surface area contributed by atoms with Gasteiger partial charge < -0.3 is 0 Å². The van der Waals surface area contributed by atoms with Crippen LogP contribution in [-0.2, 0) is 0 Å². The van der Waals surface area contributed by atoms with Gasteiger partial charge in [0.2, 0.25) is 0 Å². The van der Waals surface area contributed by atoms with E-state index in [2.05, 4.69) is 146 Å². The molecule has 0 spiro atoms. The number of hydrogen-bond donors (Lipinski definition) is 0. The van der Waals surface area contributed by atoms with Gasteiger partial charge >= 0.3 is 0 Å². The summed E-state index contributed by atoms with van der Waals surface area (Å²) >= 11 is 0. The first-order chi connectivity index (χ1) is 20.9. The van der Waals surface area contributed by atoms with Crippen LogP contribution in [0.3, 0.4) is 0 Å². The van der Waals surface area contributed by atoms with E-state index < -0.39 is 0 Å². The lowest BCUT2D eigenvalue weighted by Crippen LogP contribution is -1.92. The highest BCUT2D eigenvalue weighted by Gasteiger charge is 2.20. The van der Waals surface area contributed by atoms with Gasteiger partial charge in [0.25, 0.3) is 0 Å². The Kier molecular flexibility index (Phi) is 4.27. The summed E-state index contributed by atoms with van der Waals surface area (Å²) in [6.07, 6.45) is 0. The predicted octanol–water partition coefficient (Wildman–Crippen LogP) is 12.1. The summed E-state index contributed by atoms with van der Waals surface area (Å²) in [6, 6.07) is 54.3. The molecule has 42 heavy (non-hydrogen) atoms. The first kappa shape index (κ1) is 22.3. The highest BCUT2D eigenvalue weighted by Crippen LogP contribution is 2.49. The van der Waals surface area contributed by atoms with Crippen LogP contribution in [0, 0.1) is 0 Å². The highest BCUT2D eigenvalue weighted by atomic mass is 14.2. The van der Waals surface area contributed by atoms with Crippen LogP contribution in [0.25, 0.3) is 97.0 Å². The van der Waals surface area contributed by atoms with E-state index in [-0.39, 0.29) is 0 Å². The van der Waals surface area contributed by atoms with E-state index >= 15 is 0 Å². The van der Waals surface area contributed by atoms with Gasteiger partial charge in [-0.25, -0.2) is 0 Å². The van der Waals surface area contributed by atoms with Crippen molar-refractivity contribution in [1.82, 2.24) is 0 Å². The molecule has 0 N–H and O–H groups in total. The first-order valence-electron chi connectivity index (χ1n) is 14.7. The fourth-order valence-corrected chi connectivity index (χ4v) is 7.83. The molecule has 0 bridgehead atoms. The largest absolute Gasteiger partial charge is 0.0616 e. The summed E-state index contributed by atoms with van der Waals surface area (Å²) < 4.78 is 0. The molecule has 0 heteroatoms. The second-order valence-corrected chi connectivity index (χ2v) is 11.6. The molecule has 192 valence electrons. The Balaban J connectivity index is 1.66. The average Bonchev–Trinajstić information content (AvgIpc) is 3.06. The van der Waals surface area contributed by atoms with Gasteiger partial charge in [0.05, 0.1) is 0 Å². The molecule has 0 saturated heterocycles. The van der Waals surface area contributed by atoms with E-state index in [1.165, 1.54) is 97.0 Å². The second kappa shape index (κ2) is 8.06. The zero-order valence-corrected chi connectivity index (χ0v) is 22.9. The number of rotatable bonds is 0. The average molecular weight is 529 g/mol. The summed E-state index contributed by atoms with van der Waals surface area (Å²) in [5.41, 5.74) is 0. The molecule has 0 atom stereocenters. The highest BCUT2D eigenvalue weighted by molar-refractivity contribution is 6.47. The van der Waals surface area contributed by atoms with Gasteiger partial charge in [-0.1, -0.05) is 146 Å². The van der Waals surface area contributed by atoms with Crippen molar-refractivity contribution in [2.24, 2.45) is 0 Å². The third-order valence-corrected chi connectivity index (χ3v) is 9.54. The molecular formula is C42H24. The van der Waals surface area contributed by atoms with Crippen molar-refractivity contribution in [2.75, 3.05) is 0 Å². The zero-order valence-electron chi connectivity index (χ0n) is 22.9. The Morgan fingerprint density at radius 2 is 0.381 bits per heavy atom. The smallest absolute Gasteiger partial charge is 0.00134 e. The van der Waals surface area contributed by atoms with Crippen molar-refractivity contribution in [1.29, 1.82) is 0 Å². The Morgan fingerprint density at radius 1 is 0.167 bits per heavy atom. The maximum atomic E-state index is 2.38. The second-order valence-electron chi connectivity index (χ2n) is 11.6. The quantitative estimate of drug-likeness (QED) is 0.172. The van der Waals surface area contributed by atoms with Crippen molar-refractivity contribution >= 4 is 97.0 Å². The minimum atomic E-state index is 1.28. The summed E-state index contributed by atoms with van der Waals surface area (Å²) in [6.45, 7) is 0. The van der Waals surface area contributed by atoms with Crippen LogP contribution in [0.15, 0.2) is 146 Å². The molecule has 0 aliphatic rings. The monoisotopic (exact) mass is 528 g/mol. The van der Waals surface area contributed by atoms with Gasteiger partial charge in [0.15, 0.2) is 0 Å². The topological polar surface area (TPSA) is 0 Å². The summed E-state index contributed by atoms with van der Waals surface area (Å²) in [7, 11) is 0. The summed E-state index contributed by atoms with van der Waals surface area (Å²) in [5, 5.41) is 23.7. The van der Waals surface area contributed by atoms with Crippen molar-refractivity contribution < 1.29 is 0 Å². The normalized spacial score (nSPS) is 12.3. The molecule has 0 unspecified atom stereocenters. The molecule has 10 rings (SSSR count). The molecule has 0 saturated carbocycles. The van der Waals surface area contributed by atoms with Crippen LogP contribution in [0.4, 0.5) is 0 Å². The molecule has 0 radical (unpaired) electrons. The van der Waals surface area contributed by atoms with Crippen LogP contribution >= 0.6 is 0 Å². The molecule has 0 nitrogen and oxygen atoms in total. The molecule has 0 aliphatic heterocycles. The molecule has 0 aliphatic carbocycles. The van der Waals surface area contributed by atoms with E-state index in [1.807, 2.05) is 0 Å². The van der Waals surface area contributed by atoms with Gasteiger partial charge in [0, 0.05) is 0 Å². The summed E-state index contributed by atoms with van der Waals surface area (Å²) in [5.74, 6) is 0. The Morgan fingerprint density at radius 3 is 0.643 bits per heavy atom. The van der Waals surface area contributed by atoms with E-state index in [9.17, 15) is 0 Å². The van der Waals surface area contributed by atoms with Crippen molar-refractivity contribution in [3.05, 3.63) is 146 Å². The van der Waals surface area contributed by atoms with Crippen molar-refractivity contribution in [2.45, 2.75) is 0 Å². The van der Waals surface area contributed by atoms with Crippen molar-refractivity contribution in [3.63, 3.8) is 0 Å². The molecule has 0 heterocycles. The Bertz CT molecular complexity index is 2400. The predicted molar refractivity (Wildman–Crippen MR) is 184 cm³/mol. The standard InChI is InChI=1S/C42H24/c1-5-13-29-25(9-1)17-21-33-37(29)38-30-14-6-2-10-26(30)18-22-34(38)42-36-24-20-28-12-4-8-16-32(28)40(36)39-31-15-7-3-11-27(31)19-23-35(39)41(33)42/h1-24H. The number of hydrogen-bond acceptors (Lipinski definition) is 0. The Hall–Kier alpha value is -5.46. The van der Waals surface area contributed by atoms with Crippen LogP contribution in [0.2, 0.25) is 0 Å². The van der Waals surface area contributed by atoms with E-state index in [0.29, 0.717) is 0 Å². The molecule has 0 fully saturated rings. The van der Waals surface area contributed by atoms with Gasteiger partial charge in [0.1, 0.15) is 0 Å². The maximum absolute atomic E-state index is 2.38. The maximum Gasteiger partial charge on any atom is -0.00134 e. The molecule has 0 amide bonds. The lowest BCUT2D eigenvalue weighted by molar-refractivity contribution is 1.78. The van der Waals surface area contributed by atoms with Gasteiger partial charge in [-0.2, -0.15) is 0 Å². The molecular weight excluding hydrogens is 504 g/mol. The molecule has 10 aromatic carbocycles. The van der Waals surface area contributed by atoms with E-state index in [0.717, 1.165) is 0 Å². The van der Waals surface area contributed by atoms with Crippen molar-refractivity contribution in [3.8, 4) is 0 Å². The van der Waals surface area contributed by atoms with Crippen LogP contribution in [0.5, 0.6) is 0 Å². The van der Waals surface area contributed by atoms with Crippen LogP contribution < -0.4 is 0 Å². The SMILES string of the molecule is c1ccc2c(c1)ccc1c2c2c3ccccc3ccc2c2c3ccc4ccccc4c3c3c4ccccc4ccc3c12. The fourth-order valence-electron chi connectivity index (χ4n) is 7.83. The third-order valence-electron chi connectivity index (χ3n) is 9.54. The van der Waals surface area contributed by atoms with E-state index in [1.54, 1.807) is 0 Å². The fraction of sp³-hybridized carbons (Fsp3) is 0. The minimum Gasteiger partial charge on any atom is -0.0616 e. The molecule has 10 aromatic rings. The summed E-state index contributed by atoms with van der Waals surface area (Å²) in [4.78, 5) is 0. The third kappa shape index (κ3) is 2.77. The van der Waals surface area contributed by atoms with Gasteiger partial charge in [-0.05, 0) is 97.0 Å². The van der Waals surface area contributed by atoms with Crippen LogP contribution in [-0.4, -0.2) is 0 Å². The number of fused-ring (bicyclic) bond motifs is 19. The number of benzene rings is 10. The lowest BCUT2D eigenvalue weighted by Gasteiger charge is -2.20. The zero-order chi connectivity index (χ0) is 27.4.